The van der Waals surface area contributed by atoms with Crippen LogP contribution in [0.15, 0.2) is 53.5 Å². The number of nitrogens with two attached hydrogens (primary N) is 2. The Morgan fingerprint density at radius 3 is 2.66 bits per heavy atom. The summed E-state index contributed by atoms with van der Waals surface area (Å²) >= 11 is 0. The number of aromatic nitrogens is 1. The number of nitrogens with zero attached hydrogens (tertiary/aromatic N) is 5. The lowest BCUT2D eigenvalue weighted by atomic mass is 9.89. The van der Waals surface area contributed by atoms with Gasteiger partial charge in [0, 0.05) is 17.7 Å². The van der Waals surface area contributed by atoms with E-state index in [0.29, 0.717) is 22.3 Å². The van der Waals surface area contributed by atoms with E-state index in [9.17, 15) is 15.4 Å². The molecule has 1 aliphatic rings. The molecule has 1 aliphatic heterocycles. The molecule has 2 heterocycles. The maximum atomic E-state index is 11.3. The zero-order valence-electron chi connectivity index (χ0n) is 16.4. The van der Waals surface area contributed by atoms with Gasteiger partial charge in [0.25, 0.3) is 5.69 Å². The van der Waals surface area contributed by atoms with Crippen molar-refractivity contribution in [2.24, 2.45) is 4.99 Å². The van der Waals surface area contributed by atoms with E-state index in [4.69, 9.17) is 16.7 Å². The molecule has 0 spiro atoms. The zero-order chi connectivity index (χ0) is 22.8. The number of anilines is 3. The van der Waals surface area contributed by atoms with Crippen molar-refractivity contribution < 1.29 is 4.92 Å². The SMILES string of the molecule is N#CNC1=NC(c2ccccc2-c2cccc([N+](=O)[O-])c2)c2c(nc(N)c(C#N)c2N)N1. The van der Waals surface area contributed by atoms with Crippen LogP contribution in [0, 0.1) is 32.9 Å². The number of rotatable bonds is 3. The van der Waals surface area contributed by atoms with E-state index in [1.54, 1.807) is 42.6 Å². The molecule has 1 unspecified atom stereocenters. The topological polar surface area (TPSA) is 192 Å². The summed E-state index contributed by atoms with van der Waals surface area (Å²) in [6, 6.07) is 14.6. The average Bonchev–Trinajstić information content (AvgIpc) is 2.79. The molecule has 1 atom stereocenters. The van der Waals surface area contributed by atoms with Gasteiger partial charge in [0.15, 0.2) is 6.19 Å². The third-order valence-electron chi connectivity index (χ3n) is 4.98. The molecule has 2 aromatic carbocycles. The number of nitro groups is 1. The summed E-state index contributed by atoms with van der Waals surface area (Å²) in [5, 5.41) is 35.1. The summed E-state index contributed by atoms with van der Waals surface area (Å²) < 4.78 is 0. The fourth-order valence-electron chi connectivity index (χ4n) is 3.59. The number of benzene rings is 2. The monoisotopic (exact) mass is 425 g/mol. The Bertz CT molecular complexity index is 1370. The molecule has 0 saturated carbocycles. The van der Waals surface area contributed by atoms with Gasteiger partial charge in [-0.05, 0) is 16.7 Å². The molecule has 0 fully saturated rings. The Kier molecular flexibility index (Phi) is 4.99. The molecule has 0 amide bonds. The first-order chi connectivity index (χ1) is 15.4. The van der Waals surface area contributed by atoms with Crippen LogP contribution in [0.3, 0.4) is 0 Å². The normalized spacial score (nSPS) is 14.2. The Hall–Kier alpha value is -5.16. The van der Waals surface area contributed by atoms with Crippen LogP contribution in [-0.2, 0) is 0 Å². The summed E-state index contributed by atoms with van der Waals surface area (Å²) in [5.41, 5.74) is 14.6. The second kappa shape index (κ2) is 7.93. The Morgan fingerprint density at radius 2 is 1.94 bits per heavy atom. The maximum Gasteiger partial charge on any atom is 0.270 e. The largest absolute Gasteiger partial charge is 0.397 e. The number of nitrogens with one attached hydrogen (secondary N) is 2. The summed E-state index contributed by atoms with van der Waals surface area (Å²) in [5.74, 6) is 0.320. The fraction of sp³-hybridized carbons (Fsp3) is 0.0476. The minimum Gasteiger partial charge on any atom is -0.397 e. The molecule has 6 N–H and O–H groups in total. The van der Waals surface area contributed by atoms with E-state index in [1.165, 1.54) is 12.1 Å². The van der Waals surface area contributed by atoms with Crippen LogP contribution in [0.1, 0.15) is 22.7 Å². The van der Waals surface area contributed by atoms with E-state index in [-0.39, 0.29) is 34.5 Å². The molecule has 156 valence electrons. The van der Waals surface area contributed by atoms with Crippen molar-refractivity contribution in [3.8, 4) is 23.4 Å². The number of guanidine groups is 1. The van der Waals surface area contributed by atoms with Crippen LogP contribution in [-0.4, -0.2) is 15.9 Å². The van der Waals surface area contributed by atoms with Crippen LogP contribution in [0.25, 0.3) is 11.1 Å². The number of fused-ring (bicyclic) bond motifs is 1. The first-order valence-corrected chi connectivity index (χ1v) is 9.27. The van der Waals surface area contributed by atoms with E-state index in [1.807, 2.05) is 6.07 Å². The molecule has 1 aromatic heterocycles. The third-order valence-corrected chi connectivity index (χ3v) is 4.98. The van der Waals surface area contributed by atoms with Crippen LogP contribution >= 0.6 is 0 Å². The molecule has 11 heteroatoms. The predicted molar refractivity (Wildman–Crippen MR) is 118 cm³/mol. The molecular weight excluding hydrogens is 410 g/mol. The Labute approximate surface area is 181 Å². The van der Waals surface area contributed by atoms with Crippen molar-refractivity contribution in [3.05, 3.63) is 75.3 Å². The van der Waals surface area contributed by atoms with Crippen molar-refractivity contribution >= 4 is 29.0 Å². The quantitative estimate of drug-likeness (QED) is 0.211. The van der Waals surface area contributed by atoms with E-state index in [2.05, 4.69) is 20.6 Å². The standard InChI is InChI=1S/C21H15N9O2/c22-9-15-17(24)16-18(27-21(26-10-23)29-20(16)28-19(15)25)14-7-2-1-6-13(14)11-4-3-5-12(8-11)30(31)32/h1-8,18H,(H6,24,25,26,27,28,29). The number of hydrogen-bond acceptors (Lipinski definition) is 10. The zero-order valence-corrected chi connectivity index (χ0v) is 16.4. The van der Waals surface area contributed by atoms with Crippen molar-refractivity contribution in [1.29, 1.82) is 10.5 Å². The first-order valence-electron chi connectivity index (χ1n) is 9.27. The van der Waals surface area contributed by atoms with Gasteiger partial charge in [0.1, 0.15) is 29.3 Å². The number of aliphatic imine (C=N–C) groups is 1. The van der Waals surface area contributed by atoms with E-state index < -0.39 is 11.0 Å². The number of nitrogen functional groups attached to an aromatic ring is 2. The Morgan fingerprint density at radius 1 is 1.16 bits per heavy atom. The highest BCUT2D eigenvalue weighted by Crippen LogP contribution is 2.43. The Balaban J connectivity index is 1.97. The summed E-state index contributed by atoms with van der Waals surface area (Å²) in [6.07, 6.45) is 1.80. The molecule has 0 radical (unpaired) electrons. The van der Waals surface area contributed by atoms with Gasteiger partial charge in [-0.15, -0.1) is 0 Å². The number of nitro benzene ring substituents is 1. The van der Waals surface area contributed by atoms with Crippen molar-refractivity contribution in [3.63, 3.8) is 0 Å². The number of nitriles is 2. The van der Waals surface area contributed by atoms with Gasteiger partial charge in [0.2, 0.25) is 5.96 Å². The highest BCUT2D eigenvalue weighted by Gasteiger charge is 2.31. The second-order valence-corrected chi connectivity index (χ2v) is 6.80. The second-order valence-electron chi connectivity index (χ2n) is 6.80. The predicted octanol–water partition coefficient (Wildman–Crippen LogP) is 2.63. The fourth-order valence-corrected chi connectivity index (χ4v) is 3.59. The molecular formula is C21H15N9O2. The summed E-state index contributed by atoms with van der Waals surface area (Å²) in [4.78, 5) is 19.6. The lowest BCUT2D eigenvalue weighted by Gasteiger charge is -2.27. The molecule has 32 heavy (non-hydrogen) atoms. The van der Waals surface area contributed by atoms with Crippen molar-refractivity contribution in [2.75, 3.05) is 16.8 Å². The molecule has 0 saturated heterocycles. The first kappa shape index (κ1) is 20.1. The van der Waals surface area contributed by atoms with Gasteiger partial charge < -0.3 is 16.8 Å². The van der Waals surface area contributed by atoms with E-state index in [0.717, 1.165) is 0 Å². The smallest absolute Gasteiger partial charge is 0.270 e. The molecule has 11 nitrogen and oxygen atoms in total. The van der Waals surface area contributed by atoms with Gasteiger partial charge in [-0.25, -0.2) is 9.98 Å². The highest BCUT2D eigenvalue weighted by atomic mass is 16.6. The lowest BCUT2D eigenvalue weighted by molar-refractivity contribution is -0.384. The summed E-state index contributed by atoms with van der Waals surface area (Å²) in [6.45, 7) is 0. The minimum atomic E-state index is -0.766. The number of pyridine rings is 1. The minimum absolute atomic E-state index is 0.0234. The summed E-state index contributed by atoms with van der Waals surface area (Å²) in [7, 11) is 0. The van der Waals surface area contributed by atoms with Gasteiger partial charge in [-0.2, -0.15) is 10.5 Å². The molecule has 4 rings (SSSR count). The van der Waals surface area contributed by atoms with Crippen molar-refractivity contribution in [1.82, 2.24) is 10.3 Å². The van der Waals surface area contributed by atoms with Crippen molar-refractivity contribution in [2.45, 2.75) is 6.04 Å². The van der Waals surface area contributed by atoms with Gasteiger partial charge in [-0.3, -0.25) is 15.4 Å². The molecule has 0 aliphatic carbocycles. The highest BCUT2D eigenvalue weighted by molar-refractivity contribution is 5.98. The maximum absolute atomic E-state index is 11.3. The van der Waals surface area contributed by atoms with Gasteiger partial charge >= 0.3 is 0 Å². The number of non-ortho nitro benzene ring substituents is 1. The van der Waals surface area contributed by atoms with Crippen LogP contribution in [0.2, 0.25) is 0 Å². The van der Waals surface area contributed by atoms with Gasteiger partial charge in [0.05, 0.1) is 10.6 Å². The van der Waals surface area contributed by atoms with E-state index >= 15 is 0 Å². The van der Waals surface area contributed by atoms with Crippen LogP contribution in [0.4, 0.5) is 23.0 Å². The third kappa shape index (κ3) is 3.36. The lowest BCUT2D eigenvalue weighted by Crippen LogP contribution is -2.32. The average molecular weight is 425 g/mol. The van der Waals surface area contributed by atoms with Gasteiger partial charge in [-0.1, -0.05) is 36.4 Å². The molecule has 0 bridgehead atoms. The van der Waals surface area contributed by atoms with Crippen LogP contribution < -0.4 is 22.1 Å². The number of hydrogen-bond donors (Lipinski definition) is 4. The molecule has 3 aromatic rings. The van der Waals surface area contributed by atoms with Crippen LogP contribution in [0.5, 0.6) is 0 Å².